The fourth-order valence-electron chi connectivity index (χ4n) is 3.18. The molecule has 154 valence electrons. The highest BCUT2D eigenvalue weighted by Gasteiger charge is 2.41. The van der Waals surface area contributed by atoms with Crippen molar-refractivity contribution < 1.29 is 17.6 Å². The fourth-order valence-corrected chi connectivity index (χ4v) is 5.69. The zero-order chi connectivity index (χ0) is 21.3. The number of rotatable bonds is 5. The largest absolute Gasteiger partial charge is 0.386 e. The molecule has 8 heteroatoms. The molecule has 1 aromatic heterocycles. The van der Waals surface area contributed by atoms with Crippen LogP contribution in [0.4, 0.5) is 10.1 Å². The molecule has 30 heavy (non-hydrogen) atoms. The number of ketones is 1. The number of nitrogens with one attached hydrogen (secondary N) is 1. The maximum Gasteiger partial charge on any atom is 0.270 e. The van der Waals surface area contributed by atoms with Crippen LogP contribution in [0.25, 0.3) is 0 Å². The lowest BCUT2D eigenvalue weighted by Gasteiger charge is -2.29. The molecule has 0 bridgehead atoms. The number of allylic oxidation sites excluding steroid dienone is 1. The van der Waals surface area contributed by atoms with Gasteiger partial charge in [-0.05, 0) is 41.6 Å². The fraction of sp³-hybridized carbons (Fsp3) is 0.136. The summed E-state index contributed by atoms with van der Waals surface area (Å²) in [7, 11) is -4.07. The number of nitrogens with zero attached hydrogens (tertiary/aromatic N) is 1. The van der Waals surface area contributed by atoms with Crippen LogP contribution in [0.5, 0.6) is 0 Å². The van der Waals surface area contributed by atoms with E-state index in [1.54, 1.807) is 11.4 Å². The molecule has 4 rings (SSSR count). The zero-order valence-corrected chi connectivity index (χ0v) is 17.8. The van der Waals surface area contributed by atoms with Gasteiger partial charge in [-0.1, -0.05) is 42.0 Å². The van der Waals surface area contributed by atoms with Crippen molar-refractivity contribution in [2.75, 3.05) is 4.31 Å². The number of carbonyl (C=O) groups excluding carboxylic acids is 1. The Bertz CT molecular complexity index is 1210. The Labute approximate surface area is 178 Å². The monoisotopic (exact) mass is 442 g/mol. The van der Waals surface area contributed by atoms with E-state index in [2.05, 4.69) is 5.32 Å². The topological polar surface area (TPSA) is 66.5 Å². The molecule has 0 spiro atoms. The minimum Gasteiger partial charge on any atom is -0.386 e. The summed E-state index contributed by atoms with van der Waals surface area (Å²) in [6.07, 6.45) is 1.28. The van der Waals surface area contributed by atoms with Crippen LogP contribution in [0, 0.1) is 12.7 Å². The summed E-state index contributed by atoms with van der Waals surface area (Å²) in [4.78, 5) is 12.9. The number of sulfonamides is 1. The van der Waals surface area contributed by atoms with E-state index in [9.17, 15) is 17.6 Å². The molecule has 2 heterocycles. The number of thiophene rings is 1. The van der Waals surface area contributed by atoms with E-state index < -0.39 is 21.6 Å². The molecule has 0 radical (unpaired) electrons. The number of anilines is 1. The third kappa shape index (κ3) is 3.88. The van der Waals surface area contributed by atoms with Gasteiger partial charge in [0.25, 0.3) is 10.0 Å². The van der Waals surface area contributed by atoms with Gasteiger partial charge in [-0.25, -0.2) is 12.8 Å². The molecule has 3 aromatic rings. The van der Waals surface area contributed by atoms with E-state index in [1.165, 1.54) is 46.1 Å². The summed E-state index contributed by atoms with van der Waals surface area (Å²) in [5, 5.41) is 4.65. The molecule has 0 fully saturated rings. The summed E-state index contributed by atoms with van der Waals surface area (Å²) in [6, 6.07) is 15.1. The van der Waals surface area contributed by atoms with Crippen LogP contribution in [-0.4, -0.2) is 14.2 Å². The number of halogens is 1. The molecule has 0 atom stereocenters. The van der Waals surface area contributed by atoms with Gasteiger partial charge in [0.05, 0.1) is 12.2 Å². The predicted molar refractivity (Wildman–Crippen MR) is 116 cm³/mol. The van der Waals surface area contributed by atoms with Gasteiger partial charge in [-0.15, -0.1) is 11.3 Å². The van der Waals surface area contributed by atoms with Crippen molar-refractivity contribution in [2.24, 2.45) is 0 Å². The van der Waals surface area contributed by atoms with Crippen molar-refractivity contribution in [2.45, 2.75) is 20.0 Å². The first-order valence-corrected chi connectivity index (χ1v) is 11.6. The average Bonchev–Trinajstić information content (AvgIpc) is 3.20. The lowest BCUT2D eigenvalue weighted by molar-refractivity contribution is 0.104. The molecule has 1 aliphatic heterocycles. The number of hydrogen-bond acceptors (Lipinski definition) is 5. The van der Waals surface area contributed by atoms with Crippen molar-refractivity contribution >= 4 is 32.8 Å². The lowest BCUT2D eigenvalue weighted by Crippen LogP contribution is -2.38. The molecule has 5 nitrogen and oxygen atoms in total. The van der Waals surface area contributed by atoms with Gasteiger partial charge < -0.3 is 5.32 Å². The Balaban J connectivity index is 1.65. The normalized spacial score (nSPS) is 16.5. The van der Waals surface area contributed by atoms with Gasteiger partial charge in [-0.2, -0.15) is 0 Å². The summed E-state index contributed by atoms with van der Waals surface area (Å²) in [5.41, 5.74) is 3.07. The van der Waals surface area contributed by atoms with E-state index in [-0.39, 0.29) is 11.4 Å². The molecule has 0 unspecified atom stereocenters. The molecule has 0 aliphatic carbocycles. The second-order valence-corrected chi connectivity index (χ2v) is 9.72. The van der Waals surface area contributed by atoms with Gasteiger partial charge >= 0.3 is 0 Å². The highest BCUT2D eigenvalue weighted by Crippen LogP contribution is 2.39. The Morgan fingerprint density at radius 2 is 1.70 bits per heavy atom. The Morgan fingerprint density at radius 1 is 1.03 bits per heavy atom. The second-order valence-electron chi connectivity index (χ2n) is 6.98. The highest BCUT2D eigenvalue weighted by atomic mass is 32.2. The van der Waals surface area contributed by atoms with Crippen molar-refractivity contribution in [1.29, 1.82) is 0 Å². The van der Waals surface area contributed by atoms with Crippen molar-refractivity contribution in [3.8, 4) is 0 Å². The molecule has 0 saturated heterocycles. The van der Waals surface area contributed by atoms with E-state index in [4.69, 9.17) is 0 Å². The van der Waals surface area contributed by atoms with E-state index in [0.29, 0.717) is 22.7 Å². The molecular formula is C22H19FN2O3S2. The van der Waals surface area contributed by atoms with Crippen molar-refractivity contribution in [3.63, 3.8) is 0 Å². The number of hydrogen-bond donors (Lipinski definition) is 1. The van der Waals surface area contributed by atoms with Crippen LogP contribution in [0.3, 0.4) is 0 Å². The molecule has 0 saturated carbocycles. The maximum absolute atomic E-state index is 13.3. The minimum absolute atomic E-state index is 0.00886. The smallest absolute Gasteiger partial charge is 0.270 e. The SMILES string of the molecule is Cc1ccc(CNC=C2C(=O)c3sccc3N(Cc3ccc(F)cc3)S2(=O)=O)cc1. The minimum atomic E-state index is -4.07. The van der Waals surface area contributed by atoms with Gasteiger partial charge in [0.2, 0.25) is 5.78 Å². The molecule has 2 aromatic carbocycles. The van der Waals surface area contributed by atoms with Crippen molar-refractivity contribution in [1.82, 2.24) is 5.32 Å². The van der Waals surface area contributed by atoms with E-state index in [1.807, 2.05) is 31.2 Å². The first kappa shape index (κ1) is 20.3. The van der Waals surface area contributed by atoms with Gasteiger partial charge in [0.1, 0.15) is 10.7 Å². The number of benzene rings is 2. The summed E-state index contributed by atoms with van der Waals surface area (Å²) in [5.74, 6) is -0.917. The van der Waals surface area contributed by atoms with Crippen LogP contribution in [0.1, 0.15) is 26.4 Å². The Morgan fingerprint density at radius 3 is 2.40 bits per heavy atom. The van der Waals surface area contributed by atoms with E-state index in [0.717, 1.165) is 11.1 Å². The predicted octanol–water partition coefficient (Wildman–Crippen LogP) is 4.36. The average molecular weight is 443 g/mol. The highest BCUT2D eigenvalue weighted by molar-refractivity contribution is 7.97. The van der Waals surface area contributed by atoms with Crippen LogP contribution < -0.4 is 9.62 Å². The van der Waals surface area contributed by atoms with Crippen molar-refractivity contribution in [3.05, 3.63) is 98.5 Å². The van der Waals surface area contributed by atoms with Gasteiger partial charge in [0, 0.05) is 12.7 Å². The number of aryl methyl sites for hydroxylation is 1. The third-order valence-electron chi connectivity index (χ3n) is 4.81. The first-order chi connectivity index (χ1) is 14.4. The summed E-state index contributed by atoms with van der Waals surface area (Å²) >= 11 is 1.20. The quantitative estimate of drug-likeness (QED) is 0.597. The first-order valence-electron chi connectivity index (χ1n) is 9.25. The molecular weight excluding hydrogens is 423 g/mol. The van der Waals surface area contributed by atoms with Gasteiger partial charge in [0.15, 0.2) is 4.91 Å². The molecule has 1 aliphatic rings. The van der Waals surface area contributed by atoms with Crippen LogP contribution >= 0.6 is 11.3 Å². The Hall–Kier alpha value is -2.97. The lowest BCUT2D eigenvalue weighted by atomic mass is 10.1. The van der Waals surface area contributed by atoms with Gasteiger partial charge in [-0.3, -0.25) is 9.10 Å². The van der Waals surface area contributed by atoms with E-state index >= 15 is 0 Å². The second kappa shape index (κ2) is 8.04. The Kier molecular flexibility index (Phi) is 5.44. The summed E-state index contributed by atoms with van der Waals surface area (Å²) in [6.45, 7) is 2.39. The number of fused-ring (bicyclic) bond motifs is 1. The third-order valence-corrected chi connectivity index (χ3v) is 7.48. The van der Waals surface area contributed by atoms with Crippen LogP contribution in [0.2, 0.25) is 0 Å². The number of carbonyl (C=O) groups is 1. The standard InChI is InChI=1S/C22H19FN2O3S2/c1-15-2-4-16(5-3-15)12-24-13-20-21(26)22-19(10-11-29-22)25(30(20,27)28)14-17-6-8-18(23)9-7-17/h2-11,13,24H,12,14H2,1H3. The van der Waals surface area contributed by atoms with Crippen LogP contribution in [-0.2, 0) is 23.1 Å². The maximum atomic E-state index is 13.3. The number of Topliss-reactive ketones (excluding diaryl/α,β-unsaturated/α-hetero) is 1. The van der Waals surface area contributed by atoms with Crippen LogP contribution in [0.15, 0.2) is 71.1 Å². The zero-order valence-electron chi connectivity index (χ0n) is 16.1. The molecule has 1 N–H and O–H groups in total. The summed E-state index contributed by atoms with van der Waals surface area (Å²) < 4.78 is 41.0. The molecule has 0 amide bonds.